The molecule has 0 aromatic heterocycles. The maximum Gasteiger partial charge on any atom is 0.168 e. The number of carbonyl (C=O) groups is 1. The van der Waals surface area contributed by atoms with Crippen molar-refractivity contribution >= 4 is 28.4 Å². The lowest BCUT2D eigenvalue weighted by Crippen LogP contribution is -2.36. The van der Waals surface area contributed by atoms with E-state index < -0.39 is 5.60 Å². The van der Waals surface area contributed by atoms with E-state index in [0.717, 1.165) is 5.56 Å². The van der Waals surface area contributed by atoms with Gasteiger partial charge in [-0.3, -0.25) is 4.79 Å². The number of hydrogen-bond acceptors (Lipinski definition) is 2. The Bertz CT molecular complexity index is 355. The normalized spacial score (nSPS) is 11.5. The molecule has 0 heterocycles. The van der Waals surface area contributed by atoms with Crippen molar-refractivity contribution in [1.29, 1.82) is 0 Å². The first-order valence-electron chi connectivity index (χ1n) is 5.37. The molecule has 0 unspecified atom stereocenters. The maximum atomic E-state index is 12.0. The van der Waals surface area contributed by atoms with Gasteiger partial charge in [0.2, 0.25) is 0 Å². The van der Waals surface area contributed by atoms with Crippen LogP contribution < -0.4 is 0 Å². The topological polar surface area (TPSA) is 26.3 Å². The van der Waals surface area contributed by atoms with Crippen LogP contribution in [-0.4, -0.2) is 18.0 Å². The molecule has 0 saturated heterocycles. The number of carbonyl (C=O) groups excluding carboxylic acids is 1. The van der Waals surface area contributed by atoms with Gasteiger partial charge in [-0.2, -0.15) is 0 Å². The lowest BCUT2D eigenvalue weighted by atomic mass is 9.97. The molecule has 0 spiro atoms. The standard InChI is InChI=1S/C13H17IO2/c1-4-16-13(2,3)12(15)9-10-5-7-11(14)8-6-10/h5-8H,4,9H2,1-3H3. The minimum atomic E-state index is -0.683. The van der Waals surface area contributed by atoms with Gasteiger partial charge in [-0.1, -0.05) is 12.1 Å². The van der Waals surface area contributed by atoms with Crippen molar-refractivity contribution in [1.82, 2.24) is 0 Å². The lowest BCUT2D eigenvalue weighted by molar-refractivity contribution is -0.139. The second kappa shape index (κ2) is 5.77. The van der Waals surface area contributed by atoms with Crippen molar-refractivity contribution in [2.45, 2.75) is 32.8 Å². The summed E-state index contributed by atoms with van der Waals surface area (Å²) in [6.07, 6.45) is 0.434. The highest BCUT2D eigenvalue weighted by atomic mass is 127. The Labute approximate surface area is 111 Å². The Morgan fingerprint density at radius 2 is 1.88 bits per heavy atom. The quantitative estimate of drug-likeness (QED) is 0.774. The van der Waals surface area contributed by atoms with Gasteiger partial charge in [-0.15, -0.1) is 0 Å². The van der Waals surface area contributed by atoms with Gasteiger partial charge >= 0.3 is 0 Å². The van der Waals surface area contributed by atoms with Gasteiger partial charge in [0.05, 0.1) is 0 Å². The molecule has 0 radical (unpaired) electrons. The summed E-state index contributed by atoms with van der Waals surface area (Å²) in [6, 6.07) is 8.00. The summed E-state index contributed by atoms with van der Waals surface area (Å²) in [7, 11) is 0. The monoisotopic (exact) mass is 332 g/mol. The van der Waals surface area contributed by atoms with E-state index in [9.17, 15) is 4.79 Å². The summed E-state index contributed by atoms with van der Waals surface area (Å²) in [4.78, 5) is 12.0. The first-order valence-corrected chi connectivity index (χ1v) is 6.45. The van der Waals surface area contributed by atoms with Crippen molar-refractivity contribution in [3.63, 3.8) is 0 Å². The van der Waals surface area contributed by atoms with Crippen LogP contribution in [-0.2, 0) is 16.0 Å². The van der Waals surface area contributed by atoms with Crippen LogP contribution >= 0.6 is 22.6 Å². The first-order chi connectivity index (χ1) is 7.45. The van der Waals surface area contributed by atoms with Crippen LogP contribution in [0.2, 0.25) is 0 Å². The number of ketones is 1. The van der Waals surface area contributed by atoms with Gasteiger partial charge in [-0.25, -0.2) is 0 Å². The Balaban J connectivity index is 2.67. The zero-order chi connectivity index (χ0) is 12.2. The van der Waals surface area contributed by atoms with Crippen LogP contribution in [0.3, 0.4) is 0 Å². The molecule has 0 amide bonds. The lowest BCUT2D eigenvalue weighted by Gasteiger charge is -2.22. The molecule has 2 nitrogen and oxygen atoms in total. The number of ether oxygens (including phenoxy) is 1. The molecule has 1 aromatic carbocycles. The van der Waals surface area contributed by atoms with Crippen LogP contribution in [0.5, 0.6) is 0 Å². The van der Waals surface area contributed by atoms with Gasteiger partial charge in [0, 0.05) is 16.6 Å². The second-order valence-corrected chi connectivity index (χ2v) is 5.42. The second-order valence-electron chi connectivity index (χ2n) is 4.17. The summed E-state index contributed by atoms with van der Waals surface area (Å²) >= 11 is 2.25. The molecule has 3 heteroatoms. The fraction of sp³-hybridized carbons (Fsp3) is 0.462. The van der Waals surface area contributed by atoms with Crippen molar-refractivity contribution in [3.8, 4) is 0 Å². The van der Waals surface area contributed by atoms with Gasteiger partial charge < -0.3 is 4.74 Å². The van der Waals surface area contributed by atoms with Crippen LogP contribution in [0, 0.1) is 3.57 Å². The maximum absolute atomic E-state index is 12.0. The minimum absolute atomic E-state index is 0.121. The van der Waals surface area contributed by atoms with Gasteiger partial charge in [0.1, 0.15) is 5.60 Å². The zero-order valence-corrected chi connectivity index (χ0v) is 12.1. The molecule has 88 valence electrons. The SMILES string of the molecule is CCOC(C)(C)C(=O)Cc1ccc(I)cc1. The Hall–Kier alpha value is -0.420. The summed E-state index contributed by atoms with van der Waals surface area (Å²) in [5, 5.41) is 0. The highest BCUT2D eigenvalue weighted by Gasteiger charge is 2.27. The third-order valence-electron chi connectivity index (χ3n) is 2.45. The van der Waals surface area contributed by atoms with E-state index in [0.29, 0.717) is 13.0 Å². The van der Waals surface area contributed by atoms with E-state index in [1.54, 1.807) is 0 Å². The predicted molar refractivity (Wildman–Crippen MR) is 73.6 cm³/mol. The number of halogens is 1. The molecule has 0 fully saturated rings. The summed E-state index contributed by atoms with van der Waals surface area (Å²) in [5.74, 6) is 0.121. The van der Waals surface area contributed by atoms with Gasteiger partial charge in [0.25, 0.3) is 0 Å². The third-order valence-corrected chi connectivity index (χ3v) is 3.17. The molecular formula is C13H17IO2. The molecule has 16 heavy (non-hydrogen) atoms. The van der Waals surface area contributed by atoms with E-state index in [1.165, 1.54) is 3.57 Å². The summed E-state index contributed by atoms with van der Waals surface area (Å²) in [5.41, 5.74) is 0.357. The average Bonchev–Trinajstić information content (AvgIpc) is 2.21. The highest BCUT2D eigenvalue weighted by molar-refractivity contribution is 14.1. The molecule has 0 bridgehead atoms. The molecule has 0 aliphatic heterocycles. The Morgan fingerprint density at radius 1 is 1.31 bits per heavy atom. The van der Waals surface area contributed by atoms with E-state index in [2.05, 4.69) is 22.6 Å². The first kappa shape index (κ1) is 13.6. The summed E-state index contributed by atoms with van der Waals surface area (Å²) < 4.78 is 6.61. The minimum Gasteiger partial charge on any atom is -0.368 e. The number of rotatable bonds is 5. The van der Waals surface area contributed by atoms with E-state index in [4.69, 9.17) is 4.74 Å². The molecule has 0 atom stereocenters. The molecule has 0 saturated carbocycles. The van der Waals surface area contributed by atoms with Crippen molar-refractivity contribution in [3.05, 3.63) is 33.4 Å². The van der Waals surface area contributed by atoms with Crippen molar-refractivity contribution < 1.29 is 9.53 Å². The van der Waals surface area contributed by atoms with Crippen LogP contribution in [0.4, 0.5) is 0 Å². The molecule has 0 N–H and O–H groups in total. The Morgan fingerprint density at radius 3 is 2.38 bits per heavy atom. The van der Waals surface area contributed by atoms with Crippen molar-refractivity contribution in [2.75, 3.05) is 6.61 Å². The smallest absolute Gasteiger partial charge is 0.168 e. The van der Waals surface area contributed by atoms with E-state index in [-0.39, 0.29) is 5.78 Å². The number of hydrogen-bond donors (Lipinski definition) is 0. The molecule has 1 rings (SSSR count). The number of Topliss-reactive ketones (excluding diaryl/α,β-unsaturated/α-hetero) is 1. The van der Waals surface area contributed by atoms with E-state index >= 15 is 0 Å². The largest absolute Gasteiger partial charge is 0.368 e. The highest BCUT2D eigenvalue weighted by Crippen LogP contribution is 2.15. The average molecular weight is 332 g/mol. The molecule has 1 aromatic rings. The fourth-order valence-electron chi connectivity index (χ4n) is 1.44. The van der Waals surface area contributed by atoms with Crippen LogP contribution in [0.25, 0.3) is 0 Å². The molecule has 0 aliphatic carbocycles. The Kier molecular flexibility index (Phi) is 4.92. The third kappa shape index (κ3) is 3.87. The van der Waals surface area contributed by atoms with Gasteiger partial charge in [0.15, 0.2) is 5.78 Å². The van der Waals surface area contributed by atoms with E-state index in [1.807, 2.05) is 45.0 Å². The molecular weight excluding hydrogens is 315 g/mol. The van der Waals surface area contributed by atoms with Crippen LogP contribution in [0.15, 0.2) is 24.3 Å². The zero-order valence-electron chi connectivity index (χ0n) is 9.92. The predicted octanol–water partition coefficient (Wildman–Crippen LogP) is 3.22. The van der Waals surface area contributed by atoms with Crippen molar-refractivity contribution in [2.24, 2.45) is 0 Å². The molecule has 0 aliphatic rings. The number of benzene rings is 1. The van der Waals surface area contributed by atoms with Gasteiger partial charge in [-0.05, 0) is 61.1 Å². The van der Waals surface area contributed by atoms with Crippen LogP contribution in [0.1, 0.15) is 26.3 Å². The fourth-order valence-corrected chi connectivity index (χ4v) is 1.80. The summed E-state index contributed by atoms with van der Waals surface area (Å²) in [6.45, 7) is 6.11.